The number of carboxylic acid groups (broad SMARTS) is 1. The number of nitrogens with one attached hydrogen (secondary N) is 1. The summed E-state index contributed by atoms with van der Waals surface area (Å²) in [6.45, 7) is -0.0847. The van der Waals surface area contributed by atoms with Gasteiger partial charge in [-0.2, -0.15) is 0 Å². The number of hydrogen-bond donors (Lipinski definition) is 4. The van der Waals surface area contributed by atoms with Crippen LogP contribution in [0.5, 0.6) is 0 Å². The highest BCUT2D eigenvalue weighted by molar-refractivity contribution is 5.98. The summed E-state index contributed by atoms with van der Waals surface area (Å²) < 4.78 is 0. The molecule has 1 amide bonds. The third-order valence-electron chi connectivity index (χ3n) is 1.42. The number of aliphatic carboxylic acids is 1. The van der Waals surface area contributed by atoms with Gasteiger partial charge in [-0.05, 0) is 0 Å². The third kappa shape index (κ3) is 5.09. The lowest BCUT2D eigenvalue weighted by molar-refractivity contribution is -0.143. The van der Waals surface area contributed by atoms with Gasteiger partial charge in [0.1, 0.15) is 6.54 Å². The van der Waals surface area contributed by atoms with Gasteiger partial charge in [0.25, 0.3) is 0 Å². The molecule has 0 rings (SSSR count). The predicted molar refractivity (Wildman–Crippen MR) is 49.8 cm³/mol. The van der Waals surface area contributed by atoms with E-state index < -0.39 is 18.4 Å². The van der Waals surface area contributed by atoms with Crippen molar-refractivity contribution in [2.75, 3.05) is 19.6 Å². The average Bonchev–Trinajstić information content (AvgIpc) is 2.01. The van der Waals surface area contributed by atoms with Crippen molar-refractivity contribution >= 4 is 17.7 Å². The van der Waals surface area contributed by atoms with E-state index in [1.807, 2.05) is 0 Å². The molecule has 0 aliphatic heterocycles. The molecule has 7 nitrogen and oxygen atoms in total. The van der Waals surface area contributed by atoms with E-state index in [9.17, 15) is 9.59 Å². The smallest absolute Gasteiger partial charge is 0.323 e. The molecule has 7 heteroatoms. The fraction of sp³-hybridized carbons (Fsp3) is 0.571. The summed E-state index contributed by atoms with van der Waals surface area (Å²) >= 11 is 0. The van der Waals surface area contributed by atoms with Gasteiger partial charge in [0, 0.05) is 13.1 Å². The Labute approximate surface area is 81.2 Å². The fourth-order valence-electron chi connectivity index (χ4n) is 0.886. The van der Waals surface area contributed by atoms with E-state index in [0.29, 0.717) is 0 Å². The third-order valence-corrected chi connectivity index (χ3v) is 1.42. The lowest BCUT2D eigenvalue weighted by Crippen LogP contribution is -2.40. The molecule has 0 saturated heterocycles. The van der Waals surface area contributed by atoms with E-state index in [1.54, 1.807) is 0 Å². The molecule has 0 aliphatic carbocycles. The lowest BCUT2D eigenvalue weighted by atomic mass is 10.3. The molecule has 14 heavy (non-hydrogen) atoms. The number of rotatable bonds is 6. The molecule has 0 unspecified atom stereocenters. The Bertz CT molecular complexity index is 241. The van der Waals surface area contributed by atoms with Crippen LogP contribution in [0.1, 0.15) is 6.42 Å². The second kappa shape index (κ2) is 5.92. The van der Waals surface area contributed by atoms with Crippen molar-refractivity contribution in [1.82, 2.24) is 4.90 Å². The molecule has 0 heterocycles. The Morgan fingerprint density at radius 1 is 1.43 bits per heavy atom. The average molecular weight is 202 g/mol. The minimum Gasteiger partial charge on any atom is -0.480 e. The van der Waals surface area contributed by atoms with Crippen molar-refractivity contribution in [3.8, 4) is 0 Å². The van der Waals surface area contributed by atoms with Crippen molar-refractivity contribution in [2.45, 2.75) is 6.42 Å². The van der Waals surface area contributed by atoms with Crippen LogP contribution in [0.25, 0.3) is 0 Å². The first kappa shape index (κ1) is 12.4. The van der Waals surface area contributed by atoms with E-state index >= 15 is 0 Å². The summed E-state index contributed by atoms with van der Waals surface area (Å²) in [5.41, 5.74) is 10.2. The molecule has 0 radical (unpaired) electrons. The normalized spacial score (nSPS) is 9.50. The van der Waals surface area contributed by atoms with Crippen molar-refractivity contribution in [3.05, 3.63) is 0 Å². The number of nitrogens with zero attached hydrogens (tertiary/aromatic N) is 1. The Hall–Kier alpha value is -1.63. The standard InChI is InChI=1S/C7H14N4O3/c8-1-2-11(4-7(13)14)6(12)3-5(9)10/h1-4,8H2,(H3,9,10)(H,13,14). The van der Waals surface area contributed by atoms with Crippen LogP contribution < -0.4 is 11.5 Å². The summed E-state index contributed by atoms with van der Waals surface area (Å²) in [6.07, 6.45) is -0.271. The minimum atomic E-state index is -1.12. The Balaban J connectivity index is 4.24. The largest absolute Gasteiger partial charge is 0.480 e. The molecule has 0 fully saturated rings. The van der Waals surface area contributed by atoms with Crippen LogP contribution in [-0.4, -0.2) is 47.4 Å². The van der Waals surface area contributed by atoms with Crippen molar-refractivity contribution in [2.24, 2.45) is 11.5 Å². The highest BCUT2D eigenvalue weighted by Crippen LogP contribution is 1.93. The first-order valence-electron chi connectivity index (χ1n) is 4.00. The monoisotopic (exact) mass is 202 g/mol. The summed E-state index contributed by atoms with van der Waals surface area (Å²) in [6, 6.07) is 0. The van der Waals surface area contributed by atoms with E-state index in [0.717, 1.165) is 4.90 Å². The quantitative estimate of drug-likeness (QED) is 0.297. The number of carbonyl (C=O) groups excluding carboxylic acids is 1. The summed E-state index contributed by atoms with van der Waals surface area (Å²) in [5, 5.41) is 15.4. The zero-order valence-corrected chi connectivity index (χ0v) is 7.69. The predicted octanol–water partition coefficient (Wildman–Crippen LogP) is -1.82. The lowest BCUT2D eigenvalue weighted by Gasteiger charge is -2.19. The topological polar surface area (TPSA) is 133 Å². The van der Waals surface area contributed by atoms with Gasteiger partial charge in [0.05, 0.1) is 12.3 Å². The van der Waals surface area contributed by atoms with Crippen LogP contribution in [0, 0.1) is 5.41 Å². The fourth-order valence-corrected chi connectivity index (χ4v) is 0.886. The van der Waals surface area contributed by atoms with Crippen LogP contribution in [-0.2, 0) is 9.59 Å². The Kier molecular flexibility index (Phi) is 5.23. The molecule has 0 atom stereocenters. The molecular formula is C7H14N4O3. The number of carboxylic acids is 1. The molecule has 0 bridgehead atoms. The highest BCUT2D eigenvalue weighted by Gasteiger charge is 2.16. The van der Waals surface area contributed by atoms with Gasteiger partial charge >= 0.3 is 5.97 Å². The van der Waals surface area contributed by atoms with Crippen molar-refractivity contribution in [3.63, 3.8) is 0 Å². The Morgan fingerprint density at radius 2 is 2.00 bits per heavy atom. The van der Waals surface area contributed by atoms with Gasteiger partial charge in [0.2, 0.25) is 5.91 Å². The minimum absolute atomic E-state index is 0.151. The maximum Gasteiger partial charge on any atom is 0.323 e. The van der Waals surface area contributed by atoms with E-state index in [4.69, 9.17) is 22.0 Å². The zero-order chi connectivity index (χ0) is 11.1. The maximum atomic E-state index is 11.3. The van der Waals surface area contributed by atoms with Gasteiger partial charge in [-0.3, -0.25) is 15.0 Å². The van der Waals surface area contributed by atoms with Gasteiger partial charge in [-0.15, -0.1) is 0 Å². The summed E-state index contributed by atoms with van der Waals surface area (Å²) in [5.74, 6) is -1.90. The van der Waals surface area contributed by atoms with Crippen molar-refractivity contribution in [1.29, 1.82) is 5.41 Å². The van der Waals surface area contributed by atoms with E-state index in [2.05, 4.69) is 0 Å². The molecule has 80 valence electrons. The van der Waals surface area contributed by atoms with Crippen molar-refractivity contribution < 1.29 is 14.7 Å². The van der Waals surface area contributed by atoms with Gasteiger partial charge in [-0.25, -0.2) is 0 Å². The number of amidine groups is 1. The van der Waals surface area contributed by atoms with Gasteiger partial charge < -0.3 is 21.5 Å². The van der Waals surface area contributed by atoms with Gasteiger partial charge in [0.15, 0.2) is 0 Å². The van der Waals surface area contributed by atoms with Crippen LogP contribution >= 0.6 is 0 Å². The molecule has 0 spiro atoms. The summed E-state index contributed by atoms with van der Waals surface area (Å²) in [4.78, 5) is 22.7. The Morgan fingerprint density at radius 3 is 2.36 bits per heavy atom. The number of nitrogens with two attached hydrogens (primary N) is 2. The van der Waals surface area contributed by atoms with Gasteiger partial charge in [-0.1, -0.05) is 0 Å². The number of hydrogen-bond acceptors (Lipinski definition) is 4. The molecule has 0 aliphatic rings. The first-order chi connectivity index (χ1) is 6.47. The first-order valence-corrected chi connectivity index (χ1v) is 4.00. The molecule has 6 N–H and O–H groups in total. The zero-order valence-electron chi connectivity index (χ0n) is 7.69. The van der Waals surface area contributed by atoms with Crippen LogP contribution in [0.3, 0.4) is 0 Å². The SMILES string of the molecule is N=C(N)CC(=O)N(CCN)CC(=O)O. The highest BCUT2D eigenvalue weighted by atomic mass is 16.4. The maximum absolute atomic E-state index is 11.3. The molecule has 0 aromatic rings. The molecule has 0 saturated carbocycles. The number of carbonyl (C=O) groups is 2. The second-order valence-electron chi connectivity index (χ2n) is 2.70. The number of amides is 1. The van der Waals surface area contributed by atoms with E-state index in [-0.39, 0.29) is 25.3 Å². The second-order valence-corrected chi connectivity index (χ2v) is 2.70. The van der Waals surface area contributed by atoms with Crippen LogP contribution in [0.15, 0.2) is 0 Å². The van der Waals surface area contributed by atoms with E-state index in [1.165, 1.54) is 0 Å². The molecule has 0 aromatic heterocycles. The van der Waals surface area contributed by atoms with Crippen LogP contribution in [0.4, 0.5) is 0 Å². The molecule has 0 aromatic carbocycles. The van der Waals surface area contributed by atoms with Crippen LogP contribution in [0.2, 0.25) is 0 Å². The summed E-state index contributed by atoms with van der Waals surface area (Å²) in [7, 11) is 0. The molecular weight excluding hydrogens is 188 g/mol.